The first-order valence-corrected chi connectivity index (χ1v) is 7.00. The molecule has 2 N–H and O–H groups in total. The number of likely N-dealkylation sites (tertiary alicyclic amines) is 1. The van der Waals surface area contributed by atoms with Gasteiger partial charge in [0.05, 0.1) is 18.6 Å². The normalized spacial score (nSPS) is 22.8. The minimum atomic E-state index is 0.310. The SMILES string of the molecule is CCN(CC)C1CCN(C(CN)c2ccoc2)C1. The number of rotatable bonds is 6. The topological polar surface area (TPSA) is 45.6 Å². The molecule has 0 aromatic carbocycles. The molecule has 0 bridgehead atoms. The quantitative estimate of drug-likeness (QED) is 0.836. The van der Waals surface area contributed by atoms with Crippen LogP contribution in [0.2, 0.25) is 0 Å². The van der Waals surface area contributed by atoms with Crippen molar-refractivity contribution < 1.29 is 4.42 Å². The standard InChI is InChI=1S/C14H25N3O/c1-3-16(4-2)13-5-7-17(10-13)14(9-15)12-6-8-18-11-12/h6,8,11,13-14H,3-5,7,9-10,15H2,1-2H3. The molecule has 2 atom stereocenters. The van der Waals surface area contributed by atoms with E-state index in [0.29, 0.717) is 18.6 Å². The van der Waals surface area contributed by atoms with E-state index in [4.69, 9.17) is 10.2 Å². The summed E-state index contributed by atoms with van der Waals surface area (Å²) in [5, 5.41) is 0. The van der Waals surface area contributed by atoms with E-state index in [9.17, 15) is 0 Å². The molecule has 102 valence electrons. The van der Waals surface area contributed by atoms with E-state index in [1.54, 1.807) is 6.26 Å². The molecule has 1 aliphatic rings. The molecule has 1 aliphatic heterocycles. The first-order valence-electron chi connectivity index (χ1n) is 7.00. The van der Waals surface area contributed by atoms with E-state index in [0.717, 1.165) is 26.2 Å². The third-order valence-electron chi connectivity index (χ3n) is 4.12. The Balaban J connectivity index is 1.99. The molecule has 1 saturated heterocycles. The Morgan fingerprint density at radius 1 is 1.50 bits per heavy atom. The molecule has 2 heterocycles. The molecule has 18 heavy (non-hydrogen) atoms. The van der Waals surface area contributed by atoms with Gasteiger partial charge in [0.25, 0.3) is 0 Å². The van der Waals surface area contributed by atoms with Crippen LogP contribution < -0.4 is 5.73 Å². The van der Waals surface area contributed by atoms with Gasteiger partial charge >= 0.3 is 0 Å². The Hall–Kier alpha value is -0.840. The zero-order valence-electron chi connectivity index (χ0n) is 11.5. The zero-order chi connectivity index (χ0) is 13.0. The number of furan rings is 1. The molecular formula is C14H25N3O. The van der Waals surface area contributed by atoms with Crippen LogP contribution in [0.15, 0.2) is 23.0 Å². The highest BCUT2D eigenvalue weighted by atomic mass is 16.3. The number of likely N-dealkylation sites (N-methyl/N-ethyl adjacent to an activating group) is 1. The van der Waals surface area contributed by atoms with Gasteiger partial charge in [0, 0.05) is 31.2 Å². The van der Waals surface area contributed by atoms with Crippen LogP contribution in [0.1, 0.15) is 31.9 Å². The summed E-state index contributed by atoms with van der Waals surface area (Å²) in [7, 11) is 0. The highest BCUT2D eigenvalue weighted by molar-refractivity contribution is 5.13. The summed E-state index contributed by atoms with van der Waals surface area (Å²) >= 11 is 0. The molecule has 1 aromatic rings. The lowest BCUT2D eigenvalue weighted by Crippen LogP contribution is -2.39. The van der Waals surface area contributed by atoms with Crippen molar-refractivity contribution in [2.45, 2.75) is 32.4 Å². The average Bonchev–Trinajstić information content (AvgIpc) is 3.04. The Kier molecular flexibility index (Phi) is 4.80. The summed E-state index contributed by atoms with van der Waals surface area (Å²) in [4.78, 5) is 5.04. The minimum Gasteiger partial charge on any atom is -0.472 e. The van der Waals surface area contributed by atoms with Gasteiger partial charge in [-0.05, 0) is 25.6 Å². The van der Waals surface area contributed by atoms with Crippen LogP contribution in [-0.2, 0) is 0 Å². The van der Waals surface area contributed by atoms with Crippen molar-refractivity contribution in [3.8, 4) is 0 Å². The highest BCUT2D eigenvalue weighted by Crippen LogP contribution is 2.26. The maximum atomic E-state index is 5.93. The Morgan fingerprint density at radius 2 is 2.28 bits per heavy atom. The van der Waals surface area contributed by atoms with Crippen molar-refractivity contribution in [2.24, 2.45) is 5.73 Å². The molecule has 2 unspecified atom stereocenters. The molecule has 0 aliphatic carbocycles. The summed E-state index contributed by atoms with van der Waals surface area (Å²) < 4.78 is 5.18. The van der Waals surface area contributed by atoms with Gasteiger partial charge < -0.3 is 10.2 Å². The lowest BCUT2D eigenvalue weighted by Gasteiger charge is -2.29. The second kappa shape index (κ2) is 6.36. The lowest BCUT2D eigenvalue weighted by molar-refractivity contribution is 0.189. The number of nitrogens with two attached hydrogens (primary N) is 1. The fraction of sp³-hybridized carbons (Fsp3) is 0.714. The van der Waals surface area contributed by atoms with Gasteiger partial charge in [-0.2, -0.15) is 0 Å². The van der Waals surface area contributed by atoms with Crippen molar-refractivity contribution in [1.29, 1.82) is 0 Å². The summed E-state index contributed by atoms with van der Waals surface area (Å²) in [5.41, 5.74) is 7.14. The molecule has 0 amide bonds. The molecule has 4 nitrogen and oxygen atoms in total. The van der Waals surface area contributed by atoms with Crippen molar-refractivity contribution in [3.05, 3.63) is 24.2 Å². The predicted octanol–water partition coefficient (Wildman–Crippen LogP) is 1.70. The third-order valence-corrected chi connectivity index (χ3v) is 4.12. The number of nitrogens with zero attached hydrogens (tertiary/aromatic N) is 2. The van der Waals surface area contributed by atoms with Crippen molar-refractivity contribution >= 4 is 0 Å². The first kappa shape index (κ1) is 13.6. The highest BCUT2D eigenvalue weighted by Gasteiger charge is 2.31. The molecule has 4 heteroatoms. The van der Waals surface area contributed by atoms with E-state index in [1.807, 2.05) is 12.3 Å². The Bertz CT molecular complexity index is 335. The first-order chi connectivity index (χ1) is 8.80. The average molecular weight is 251 g/mol. The maximum absolute atomic E-state index is 5.93. The van der Waals surface area contributed by atoms with Crippen LogP contribution in [0, 0.1) is 0 Å². The summed E-state index contributed by atoms with van der Waals surface area (Å²) in [6.07, 6.45) is 4.80. The predicted molar refractivity (Wildman–Crippen MR) is 73.4 cm³/mol. The fourth-order valence-corrected chi connectivity index (χ4v) is 3.05. The van der Waals surface area contributed by atoms with E-state index < -0.39 is 0 Å². The fourth-order valence-electron chi connectivity index (χ4n) is 3.05. The van der Waals surface area contributed by atoms with Crippen LogP contribution in [0.5, 0.6) is 0 Å². The lowest BCUT2D eigenvalue weighted by atomic mass is 10.1. The van der Waals surface area contributed by atoms with E-state index in [2.05, 4.69) is 23.6 Å². The Labute approximate surface area is 110 Å². The minimum absolute atomic E-state index is 0.310. The van der Waals surface area contributed by atoms with Crippen molar-refractivity contribution in [3.63, 3.8) is 0 Å². The van der Waals surface area contributed by atoms with Crippen LogP contribution >= 0.6 is 0 Å². The van der Waals surface area contributed by atoms with Gasteiger partial charge in [-0.1, -0.05) is 13.8 Å². The summed E-state index contributed by atoms with van der Waals surface area (Å²) in [5.74, 6) is 0. The van der Waals surface area contributed by atoms with Crippen molar-refractivity contribution in [2.75, 3.05) is 32.7 Å². The molecule has 0 radical (unpaired) electrons. The summed E-state index contributed by atoms with van der Waals surface area (Å²) in [6, 6.07) is 3.02. The van der Waals surface area contributed by atoms with Gasteiger partial charge in [0.2, 0.25) is 0 Å². The van der Waals surface area contributed by atoms with E-state index in [-0.39, 0.29) is 0 Å². The van der Waals surface area contributed by atoms with Gasteiger partial charge in [0.15, 0.2) is 0 Å². The van der Waals surface area contributed by atoms with Gasteiger partial charge in [0.1, 0.15) is 0 Å². The number of hydrogen-bond donors (Lipinski definition) is 1. The van der Waals surface area contributed by atoms with Crippen LogP contribution in [-0.4, -0.2) is 48.6 Å². The zero-order valence-corrected chi connectivity index (χ0v) is 11.5. The third kappa shape index (κ3) is 2.76. The second-order valence-corrected chi connectivity index (χ2v) is 4.97. The van der Waals surface area contributed by atoms with Gasteiger partial charge in [-0.15, -0.1) is 0 Å². The maximum Gasteiger partial charge on any atom is 0.0950 e. The van der Waals surface area contributed by atoms with E-state index in [1.165, 1.54) is 12.0 Å². The summed E-state index contributed by atoms with van der Waals surface area (Å²) in [6.45, 7) is 9.65. The Morgan fingerprint density at radius 3 is 2.83 bits per heavy atom. The van der Waals surface area contributed by atoms with Crippen molar-refractivity contribution in [1.82, 2.24) is 9.80 Å². The van der Waals surface area contributed by atoms with E-state index >= 15 is 0 Å². The number of hydrogen-bond acceptors (Lipinski definition) is 4. The molecule has 0 spiro atoms. The monoisotopic (exact) mass is 251 g/mol. The van der Waals surface area contributed by atoms with Crippen LogP contribution in [0.3, 0.4) is 0 Å². The molecule has 1 fully saturated rings. The van der Waals surface area contributed by atoms with Gasteiger partial charge in [-0.3, -0.25) is 9.80 Å². The second-order valence-electron chi connectivity index (χ2n) is 4.97. The molecule has 2 rings (SSSR count). The van der Waals surface area contributed by atoms with Crippen LogP contribution in [0.4, 0.5) is 0 Å². The van der Waals surface area contributed by atoms with Crippen LogP contribution in [0.25, 0.3) is 0 Å². The van der Waals surface area contributed by atoms with Gasteiger partial charge in [-0.25, -0.2) is 0 Å². The molecule has 0 saturated carbocycles. The largest absolute Gasteiger partial charge is 0.472 e. The molecular weight excluding hydrogens is 226 g/mol. The smallest absolute Gasteiger partial charge is 0.0950 e. The molecule has 1 aromatic heterocycles.